The fraction of sp³-hybridized carbons (Fsp3) is 0.0588. The number of hydrogen-bond donors (Lipinski definition) is 0. The number of hydrogen-bond acceptors (Lipinski definition) is 3. The summed E-state index contributed by atoms with van der Waals surface area (Å²) in [4.78, 5) is 17.1. The first-order chi connectivity index (χ1) is 9.79. The molecule has 3 nitrogen and oxygen atoms in total. The zero-order valence-electron chi connectivity index (χ0n) is 10.9. The first-order valence-electron chi connectivity index (χ1n) is 6.40. The van der Waals surface area contributed by atoms with E-state index < -0.39 is 0 Å². The highest BCUT2D eigenvalue weighted by atomic mass is 16.5. The number of ether oxygens (including phenoxy) is 1. The molecule has 0 unspecified atom stereocenters. The summed E-state index contributed by atoms with van der Waals surface area (Å²) >= 11 is 0. The van der Waals surface area contributed by atoms with Gasteiger partial charge in [-0.1, -0.05) is 24.3 Å². The van der Waals surface area contributed by atoms with E-state index in [-0.39, 0.29) is 5.78 Å². The van der Waals surface area contributed by atoms with Gasteiger partial charge < -0.3 is 4.74 Å². The Labute approximate surface area is 115 Å². The quantitative estimate of drug-likeness (QED) is 0.526. The van der Waals surface area contributed by atoms with Crippen molar-refractivity contribution in [2.75, 3.05) is 7.11 Å². The van der Waals surface area contributed by atoms with Gasteiger partial charge in [0.05, 0.1) is 12.6 Å². The molecule has 3 heteroatoms. The van der Waals surface area contributed by atoms with Crippen molar-refractivity contribution >= 4 is 16.7 Å². The molecule has 0 spiro atoms. The third-order valence-electron chi connectivity index (χ3n) is 3.76. The molecule has 1 aliphatic carbocycles. The van der Waals surface area contributed by atoms with Crippen LogP contribution >= 0.6 is 0 Å². The van der Waals surface area contributed by atoms with Crippen LogP contribution in [0.2, 0.25) is 0 Å². The molecule has 20 heavy (non-hydrogen) atoms. The average Bonchev–Trinajstić information content (AvgIpc) is 2.81. The second kappa shape index (κ2) is 3.90. The number of rotatable bonds is 1. The molecule has 1 heterocycles. The summed E-state index contributed by atoms with van der Waals surface area (Å²) < 4.78 is 5.26. The summed E-state index contributed by atoms with van der Waals surface area (Å²) in [5.74, 6) is 0.799. The summed E-state index contributed by atoms with van der Waals surface area (Å²) in [6.45, 7) is 0. The number of methoxy groups -OCH3 is 1. The molecular weight excluding hydrogens is 250 g/mol. The van der Waals surface area contributed by atoms with Gasteiger partial charge in [-0.2, -0.15) is 0 Å². The minimum absolute atomic E-state index is 0.0660. The highest BCUT2D eigenvalue weighted by Gasteiger charge is 2.28. The lowest BCUT2D eigenvalue weighted by atomic mass is 10.0. The van der Waals surface area contributed by atoms with E-state index in [4.69, 9.17) is 4.74 Å². The second-order valence-electron chi connectivity index (χ2n) is 4.80. The Hall–Kier alpha value is -2.68. The van der Waals surface area contributed by atoms with Gasteiger partial charge in [0.15, 0.2) is 5.78 Å². The van der Waals surface area contributed by atoms with Gasteiger partial charge in [0, 0.05) is 28.3 Å². The molecule has 0 amide bonds. The van der Waals surface area contributed by atoms with Crippen LogP contribution in [0, 0.1) is 0 Å². The van der Waals surface area contributed by atoms with Gasteiger partial charge >= 0.3 is 0 Å². The summed E-state index contributed by atoms with van der Waals surface area (Å²) in [7, 11) is 1.62. The minimum Gasteiger partial charge on any atom is -0.497 e. The van der Waals surface area contributed by atoms with Gasteiger partial charge in [0.25, 0.3) is 0 Å². The van der Waals surface area contributed by atoms with E-state index >= 15 is 0 Å². The Bertz CT molecular complexity index is 868. The maximum absolute atomic E-state index is 12.6. The highest BCUT2D eigenvalue weighted by Crippen LogP contribution is 2.39. The van der Waals surface area contributed by atoms with Crippen LogP contribution in [-0.4, -0.2) is 17.9 Å². The topological polar surface area (TPSA) is 39.2 Å². The lowest BCUT2D eigenvalue weighted by molar-refractivity contribution is 0.104. The van der Waals surface area contributed by atoms with E-state index in [1.54, 1.807) is 13.3 Å². The number of nitrogens with zero attached hydrogens (tertiary/aromatic N) is 1. The SMILES string of the molecule is COc1ccc2ncc3c(c2c1)C(=O)c1ccccc1-3. The van der Waals surface area contributed by atoms with Crippen LogP contribution in [0.3, 0.4) is 0 Å². The van der Waals surface area contributed by atoms with Crippen LogP contribution in [0.4, 0.5) is 0 Å². The zero-order chi connectivity index (χ0) is 13.7. The van der Waals surface area contributed by atoms with Crippen molar-refractivity contribution in [3.8, 4) is 16.9 Å². The van der Waals surface area contributed by atoms with Crippen LogP contribution in [-0.2, 0) is 0 Å². The van der Waals surface area contributed by atoms with Crippen molar-refractivity contribution in [3.63, 3.8) is 0 Å². The van der Waals surface area contributed by atoms with E-state index in [9.17, 15) is 4.79 Å². The highest BCUT2D eigenvalue weighted by molar-refractivity contribution is 6.26. The van der Waals surface area contributed by atoms with E-state index in [0.717, 1.165) is 38.9 Å². The van der Waals surface area contributed by atoms with Crippen LogP contribution in [0.15, 0.2) is 48.7 Å². The maximum atomic E-state index is 12.6. The first-order valence-corrected chi connectivity index (χ1v) is 6.40. The number of fused-ring (bicyclic) bond motifs is 5. The first kappa shape index (κ1) is 11.2. The van der Waals surface area contributed by atoms with Crippen molar-refractivity contribution in [3.05, 3.63) is 59.8 Å². The van der Waals surface area contributed by atoms with Gasteiger partial charge in [0.1, 0.15) is 5.75 Å². The predicted molar refractivity (Wildman–Crippen MR) is 77.2 cm³/mol. The molecule has 4 rings (SSSR count). The van der Waals surface area contributed by atoms with Gasteiger partial charge in [0.2, 0.25) is 0 Å². The van der Waals surface area contributed by atoms with Crippen LogP contribution in [0.1, 0.15) is 15.9 Å². The van der Waals surface area contributed by atoms with Crippen LogP contribution < -0.4 is 4.74 Å². The molecular formula is C17H11NO2. The Morgan fingerprint density at radius 2 is 1.80 bits per heavy atom. The number of aromatic nitrogens is 1. The largest absolute Gasteiger partial charge is 0.497 e. The monoisotopic (exact) mass is 261 g/mol. The molecule has 0 fully saturated rings. The van der Waals surface area contributed by atoms with E-state index in [1.807, 2.05) is 42.5 Å². The van der Waals surface area contributed by atoms with Gasteiger partial charge in [-0.15, -0.1) is 0 Å². The number of benzene rings is 2. The summed E-state index contributed by atoms with van der Waals surface area (Å²) in [6, 6.07) is 13.3. The van der Waals surface area contributed by atoms with Gasteiger partial charge in [-0.25, -0.2) is 0 Å². The molecule has 2 aromatic carbocycles. The van der Waals surface area contributed by atoms with Crippen molar-refractivity contribution < 1.29 is 9.53 Å². The number of carbonyl (C=O) groups is 1. The Balaban J connectivity index is 2.11. The lowest BCUT2D eigenvalue weighted by Crippen LogP contribution is -1.97. The standard InChI is InChI=1S/C17H11NO2/c1-20-10-6-7-15-13(8-10)16-14(9-18-15)11-4-2-3-5-12(11)17(16)19/h2-9H,1H3. The maximum Gasteiger partial charge on any atom is 0.195 e. The molecule has 0 aliphatic heterocycles. The summed E-state index contributed by atoms with van der Waals surface area (Å²) in [5.41, 5.74) is 4.16. The van der Waals surface area contributed by atoms with E-state index in [2.05, 4.69) is 4.98 Å². The molecule has 0 saturated heterocycles. The van der Waals surface area contributed by atoms with Crippen molar-refractivity contribution in [2.45, 2.75) is 0 Å². The predicted octanol–water partition coefficient (Wildman–Crippen LogP) is 3.45. The molecule has 0 atom stereocenters. The molecule has 1 aliphatic rings. The molecule has 96 valence electrons. The zero-order valence-corrected chi connectivity index (χ0v) is 10.9. The average molecular weight is 261 g/mol. The Kier molecular flexibility index (Phi) is 2.18. The third-order valence-corrected chi connectivity index (χ3v) is 3.76. The van der Waals surface area contributed by atoms with Crippen LogP contribution in [0.25, 0.3) is 22.0 Å². The molecule has 0 radical (unpaired) electrons. The van der Waals surface area contributed by atoms with Crippen molar-refractivity contribution in [1.82, 2.24) is 4.98 Å². The second-order valence-corrected chi connectivity index (χ2v) is 4.80. The fourth-order valence-electron chi connectivity index (χ4n) is 2.80. The van der Waals surface area contributed by atoms with E-state index in [0.29, 0.717) is 0 Å². The molecule has 0 saturated carbocycles. The summed E-state index contributed by atoms with van der Waals surface area (Å²) in [5, 5.41) is 0.850. The molecule has 0 bridgehead atoms. The smallest absolute Gasteiger partial charge is 0.195 e. The van der Waals surface area contributed by atoms with Crippen LogP contribution in [0.5, 0.6) is 5.75 Å². The number of pyridine rings is 1. The normalized spacial score (nSPS) is 12.3. The van der Waals surface area contributed by atoms with Gasteiger partial charge in [-0.3, -0.25) is 9.78 Å². The molecule has 3 aromatic rings. The Morgan fingerprint density at radius 3 is 2.60 bits per heavy atom. The third kappa shape index (κ3) is 1.35. The van der Waals surface area contributed by atoms with Crippen molar-refractivity contribution in [1.29, 1.82) is 0 Å². The molecule has 1 aromatic heterocycles. The van der Waals surface area contributed by atoms with Gasteiger partial charge in [-0.05, 0) is 23.8 Å². The number of ketones is 1. The fourth-order valence-corrected chi connectivity index (χ4v) is 2.80. The number of carbonyl (C=O) groups excluding carboxylic acids is 1. The summed E-state index contributed by atoms with van der Waals surface area (Å²) in [6.07, 6.45) is 1.79. The minimum atomic E-state index is 0.0660. The van der Waals surface area contributed by atoms with Crippen molar-refractivity contribution in [2.24, 2.45) is 0 Å². The molecule has 0 N–H and O–H groups in total. The Morgan fingerprint density at radius 1 is 1.00 bits per heavy atom. The van der Waals surface area contributed by atoms with E-state index in [1.165, 1.54) is 0 Å². The lowest BCUT2D eigenvalue weighted by Gasteiger charge is -2.06.